The molecule has 1 aromatic heterocycles. The smallest absolute Gasteiger partial charge is 0.409 e. The van der Waals surface area contributed by atoms with E-state index in [-0.39, 0.29) is 17.4 Å². The van der Waals surface area contributed by atoms with E-state index >= 15 is 0 Å². The lowest BCUT2D eigenvalue weighted by Crippen LogP contribution is -2.41. The van der Waals surface area contributed by atoms with Gasteiger partial charge in [-0.15, -0.1) is 0 Å². The lowest BCUT2D eigenvalue weighted by atomic mass is 10.4. The molecule has 0 radical (unpaired) electrons. The predicted octanol–water partition coefficient (Wildman–Crippen LogP) is 0.0389. The van der Waals surface area contributed by atoms with Gasteiger partial charge in [0.25, 0.3) is 5.91 Å². The van der Waals surface area contributed by atoms with Crippen LogP contribution in [0.25, 0.3) is 0 Å². The van der Waals surface area contributed by atoms with Crippen molar-refractivity contribution in [2.75, 3.05) is 31.6 Å². The van der Waals surface area contributed by atoms with Crippen molar-refractivity contribution in [2.45, 2.75) is 0 Å². The van der Waals surface area contributed by atoms with E-state index in [9.17, 15) is 9.59 Å². The predicted molar refractivity (Wildman–Crippen MR) is 60.4 cm³/mol. The highest BCUT2D eigenvalue weighted by molar-refractivity contribution is 5.91. The van der Waals surface area contributed by atoms with Crippen LogP contribution in [0.4, 0.5) is 10.5 Å². The largest absolute Gasteiger partial charge is 0.465 e. The number of nitrogens with one attached hydrogen (secondary N) is 1. The number of aromatic nitrogens is 2. The van der Waals surface area contributed by atoms with Gasteiger partial charge in [-0.1, -0.05) is 0 Å². The number of morpholine rings is 1. The first-order valence-corrected chi connectivity index (χ1v) is 5.36. The van der Waals surface area contributed by atoms with Crippen molar-refractivity contribution < 1.29 is 19.4 Å². The van der Waals surface area contributed by atoms with Gasteiger partial charge in [0, 0.05) is 13.1 Å². The molecule has 1 aromatic rings. The quantitative estimate of drug-likeness (QED) is 0.770. The Morgan fingerprint density at radius 3 is 2.44 bits per heavy atom. The Balaban J connectivity index is 2.04. The van der Waals surface area contributed by atoms with Crippen LogP contribution in [0.5, 0.6) is 0 Å². The van der Waals surface area contributed by atoms with Crippen LogP contribution in [0.1, 0.15) is 10.6 Å². The number of ether oxygens (including phenoxy) is 1. The van der Waals surface area contributed by atoms with Gasteiger partial charge < -0.3 is 14.7 Å². The summed E-state index contributed by atoms with van der Waals surface area (Å²) in [6, 6.07) is 0. The molecule has 0 saturated carbocycles. The molecule has 1 aliphatic heterocycles. The first-order chi connectivity index (χ1) is 8.66. The van der Waals surface area contributed by atoms with Gasteiger partial charge in [-0.05, 0) is 0 Å². The van der Waals surface area contributed by atoms with Gasteiger partial charge in [0.15, 0.2) is 0 Å². The van der Waals surface area contributed by atoms with Gasteiger partial charge in [0.1, 0.15) is 0 Å². The Labute approximate surface area is 103 Å². The molecule has 2 rings (SSSR count). The van der Waals surface area contributed by atoms with Crippen LogP contribution in [-0.4, -0.2) is 58.3 Å². The highest BCUT2D eigenvalue weighted by Crippen LogP contribution is 2.06. The maximum atomic E-state index is 11.9. The fourth-order valence-electron chi connectivity index (χ4n) is 1.53. The third-order valence-electron chi connectivity index (χ3n) is 2.39. The fraction of sp³-hybridized carbons (Fsp3) is 0.400. The van der Waals surface area contributed by atoms with E-state index in [1.807, 2.05) is 0 Å². The average Bonchev–Trinajstić information content (AvgIpc) is 2.39. The fourth-order valence-corrected chi connectivity index (χ4v) is 1.53. The van der Waals surface area contributed by atoms with Crippen LogP contribution in [0, 0.1) is 0 Å². The molecular weight excluding hydrogens is 240 g/mol. The Hall–Kier alpha value is -2.22. The summed E-state index contributed by atoms with van der Waals surface area (Å²) in [7, 11) is 0. The second-order valence-corrected chi connectivity index (χ2v) is 3.63. The van der Waals surface area contributed by atoms with Crippen molar-refractivity contribution in [3.8, 4) is 0 Å². The minimum Gasteiger partial charge on any atom is -0.465 e. The van der Waals surface area contributed by atoms with Crippen LogP contribution < -0.4 is 5.32 Å². The van der Waals surface area contributed by atoms with Gasteiger partial charge in [-0.25, -0.2) is 14.8 Å². The molecule has 1 fully saturated rings. The summed E-state index contributed by atoms with van der Waals surface area (Å²) in [6.07, 6.45) is 1.31. The normalized spacial score (nSPS) is 15.2. The van der Waals surface area contributed by atoms with Gasteiger partial charge in [-0.2, -0.15) is 0 Å². The van der Waals surface area contributed by atoms with Crippen molar-refractivity contribution in [1.29, 1.82) is 0 Å². The third-order valence-corrected chi connectivity index (χ3v) is 2.39. The summed E-state index contributed by atoms with van der Waals surface area (Å²) in [5.74, 6) is -0.229. The van der Waals surface area contributed by atoms with Gasteiger partial charge in [0.2, 0.25) is 5.82 Å². The van der Waals surface area contributed by atoms with Crippen LogP contribution >= 0.6 is 0 Å². The number of carbonyl (C=O) groups excluding carboxylic acids is 1. The zero-order chi connectivity index (χ0) is 13.0. The van der Waals surface area contributed by atoms with E-state index in [4.69, 9.17) is 9.84 Å². The van der Waals surface area contributed by atoms with Crippen molar-refractivity contribution in [2.24, 2.45) is 0 Å². The van der Waals surface area contributed by atoms with E-state index < -0.39 is 6.09 Å². The zero-order valence-electron chi connectivity index (χ0n) is 9.50. The summed E-state index contributed by atoms with van der Waals surface area (Å²) >= 11 is 0. The number of hydrogen-bond donors (Lipinski definition) is 2. The second kappa shape index (κ2) is 5.41. The molecular formula is C10H12N4O4. The molecule has 8 nitrogen and oxygen atoms in total. The van der Waals surface area contributed by atoms with E-state index in [1.165, 1.54) is 12.4 Å². The average molecular weight is 252 g/mol. The third kappa shape index (κ3) is 2.92. The maximum Gasteiger partial charge on any atom is 0.409 e. The standard InChI is InChI=1S/C10H12N4O4/c15-9(14-1-3-18-4-2-14)8-11-5-7(6-12-8)13-10(16)17/h5-6,13H,1-4H2,(H,16,17). The lowest BCUT2D eigenvalue weighted by molar-refractivity contribution is 0.0295. The van der Waals surface area contributed by atoms with E-state index in [0.29, 0.717) is 26.3 Å². The molecule has 0 aliphatic carbocycles. The number of amides is 2. The molecule has 0 spiro atoms. The topological polar surface area (TPSA) is 105 Å². The summed E-state index contributed by atoms with van der Waals surface area (Å²) in [6.45, 7) is 2.03. The number of carboxylic acid groups (broad SMARTS) is 1. The van der Waals surface area contributed by atoms with Crippen LogP contribution in [0.15, 0.2) is 12.4 Å². The van der Waals surface area contributed by atoms with Crippen molar-refractivity contribution in [1.82, 2.24) is 14.9 Å². The van der Waals surface area contributed by atoms with Gasteiger partial charge in [0.05, 0.1) is 31.3 Å². The molecule has 0 bridgehead atoms. The van der Waals surface area contributed by atoms with Gasteiger partial charge in [-0.3, -0.25) is 10.1 Å². The molecule has 2 heterocycles. The molecule has 18 heavy (non-hydrogen) atoms. The lowest BCUT2D eigenvalue weighted by Gasteiger charge is -2.25. The molecule has 0 aromatic carbocycles. The molecule has 96 valence electrons. The number of anilines is 1. The Morgan fingerprint density at radius 1 is 1.28 bits per heavy atom. The molecule has 8 heteroatoms. The summed E-state index contributed by atoms with van der Waals surface area (Å²) < 4.78 is 5.14. The molecule has 1 aliphatic rings. The minimum absolute atomic E-state index is 0.0489. The zero-order valence-corrected chi connectivity index (χ0v) is 9.50. The SMILES string of the molecule is O=C(O)Nc1cnc(C(=O)N2CCOCC2)nc1. The van der Waals surface area contributed by atoms with Crippen molar-refractivity contribution in [3.63, 3.8) is 0 Å². The van der Waals surface area contributed by atoms with Crippen LogP contribution in [-0.2, 0) is 4.74 Å². The Kier molecular flexibility index (Phi) is 3.68. The number of rotatable bonds is 2. The minimum atomic E-state index is -1.20. The molecule has 0 atom stereocenters. The van der Waals surface area contributed by atoms with Crippen LogP contribution in [0.3, 0.4) is 0 Å². The highest BCUT2D eigenvalue weighted by atomic mass is 16.5. The summed E-state index contributed by atoms with van der Waals surface area (Å²) in [5, 5.41) is 10.6. The molecule has 2 amide bonds. The Bertz CT molecular complexity index is 442. The number of hydrogen-bond acceptors (Lipinski definition) is 5. The first-order valence-electron chi connectivity index (χ1n) is 5.36. The van der Waals surface area contributed by atoms with Crippen molar-refractivity contribution in [3.05, 3.63) is 18.2 Å². The first kappa shape index (κ1) is 12.2. The van der Waals surface area contributed by atoms with Gasteiger partial charge >= 0.3 is 6.09 Å². The highest BCUT2D eigenvalue weighted by Gasteiger charge is 2.20. The monoisotopic (exact) mass is 252 g/mol. The number of nitrogens with zero attached hydrogens (tertiary/aromatic N) is 3. The van der Waals surface area contributed by atoms with Crippen molar-refractivity contribution >= 4 is 17.7 Å². The molecule has 1 saturated heterocycles. The van der Waals surface area contributed by atoms with Crippen LogP contribution in [0.2, 0.25) is 0 Å². The van der Waals surface area contributed by atoms with E-state index in [1.54, 1.807) is 4.90 Å². The summed E-state index contributed by atoms with van der Waals surface area (Å²) in [4.78, 5) is 31.6. The second-order valence-electron chi connectivity index (χ2n) is 3.63. The Morgan fingerprint density at radius 2 is 1.89 bits per heavy atom. The van der Waals surface area contributed by atoms with E-state index in [0.717, 1.165) is 0 Å². The number of carbonyl (C=O) groups is 2. The van der Waals surface area contributed by atoms with E-state index in [2.05, 4.69) is 15.3 Å². The summed E-state index contributed by atoms with van der Waals surface area (Å²) in [5.41, 5.74) is 0.223. The maximum absolute atomic E-state index is 11.9. The molecule has 0 unspecified atom stereocenters. The molecule has 2 N–H and O–H groups in total.